The largest absolute Gasteiger partial charge is 0.497 e. The van der Waals surface area contributed by atoms with E-state index in [-0.39, 0.29) is 12.5 Å². The predicted octanol–water partition coefficient (Wildman–Crippen LogP) is 2.14. The first kappa shape index (κ1) is 19.5. The smallest absolute Gasteiger partial charge is 0.339 e. The first-order chi connectivity index (χ1) is 12.4. The van der Waals surface area contributed by atoms with Crippen LogP contribution in [0.15, 0.2) is 24.3 Å². The van der Waals surface area contributed by atoms with Gasteiger partial charge in [0, 0.05) is 12.2 Å². The van der Waals surface area contributed by atoms with E-state index in [0.717, 1.165) is 0 Å². The Kier molecular flexibility index (Phi) is 6.41. The number of aryl methyl sites for hydroxylation is 1. The minimum atomic E-state index is -0.856. The molecule has 1 unspecified atom stereocenters. The highest BCUT2D eigenvalue weighted by atomic mass is 16.5. The zero-order chi connectivity index (χ0) is 19.3. The molecule has 1 amide bonds. The average Bonchev–Trinajstić information content (AvgIpc) is 3.01. The van der Waals surface area contributed by atoms with Gasteiger partial charge >= 0.3 is 5.97 Å². The van der Waals surface area contributed by atoms with Crippen molar-refractivity contribution >= 4 is 11.9 Å². The molecule has 7 heteroatoms. The van der Waals surface area contributed by atoms with E-state index in [1.54, 1.807) is 38.3 Å². The van der Waals surface area contributed by atoms with Crippen molar-refractivity contribution in [1.29, 1.82) is 0 Å². The summed E-state index contributed by atoms with van der Waals surface area (Å²) in [6.45, 7) is 3.61. The van der Waals surface area contributed by atoms with Crippen LogP contribution in [0, 0.1) is 6.92 Å². The van der Waals surface area contributed by atoms with Gasteiger partial charge in [0.1, 0.15) is 11.4 Å². The number of amides is 1. The highest BCUT2D eigenvalue weighted by Crippen LogP contribution is 2.21. The summed E-state index contributed by atoms with van der Waals surface area (Å²) in [6, 6.07) is 6.96. The van der Waals surface area contributed by atoms with Crippen molar-refractivity contribution in [3.63, 3.8) is 0 Å². The molecule has 2 aromatic rings. The molecule has 2 rings (SSSR count). The van der Waals surface area contributed by atoms with Crippen LogP contribution in [0.2, 0.25) is 0 Å². The highest BCUT2D eigenvalue weighted by molar-refractivity contribution is 6.00. The third kappa shape index (κ3) is 4.05. The maximum absolute atomic E-state index is 12.5. The van der Waals surface area contributed by atoms with Crippen LogP contribution in [0.3, 0.4) is 0 Å². The lowest BCUT2D eigenvalue weighted by atomic mass is 10.1. The van der Waals surface area contributed by atoms with Crippen LogP contribution >= 0.6 is 0 Å². The molecule has 0 spiro atoms. The molecule has 1 heterocycles. The molecule has 0 radical (unpaired) electrons. The fraction of sp³-hybridized carbons (Fsp3) is 0.368. The number of esters is 1. The number of rotatable bonds is 7. The molecule has 0 aliphatic rings. The van der Waals surface area contributed by atoms with Crippen molar-refractivity contribution < 1.29 is 24.2 Å². The summed E-state index contributed by atoms with van der Waals surface area (Å²) >= 11 is 0. The van der Waals surface area contributed by atoms with Crippen molar-refractivity contribution in [2.45, 2.75) is 26.4 Å². The molecule has 26 heavy (non-hydrogen) atoms. The summed E-state index contributed by atoms with van der Waals surface area (Å²) in [5, 5.41) is 12.9. The van der Waals surface area contributed by atoms with E-state index >= 15 is 0 Å². The van der Waals surface area contributed by atoms with Gasteiger partial charge in [-0.2, -0.15) is 0 Å². The van der Waals surface area contributed by atoms with Crippen LogP contribution < -0.4 is 10.1 Å². The molecule has 1 atom stereocenters. The summed E-state index contributed by atoms with van der Waals surface area (Å²) < 4.78 is 9.86. The minimum Gasteiger partial charge on any atom is -0.497 e. The van der Waals surface area contributed by atoms with Crippen LogP contribution in [0.1, 0.15) is 50.7 Å². The lowest BCUT2D eigenvalue weighted by Gasteiger charge is -2.13. The van der Waals surface area contributed by atoms with Gasteiger partial charge in [0.05, 0.1) is 25.9 Å². The van der Waals surface area contributed by atoms with Gasteiger partial charge in [-0.1, -0.05) is 19.1 Å². The van der Waals surface area contributed by atoms with Crippen LogP contribution in [0.25, 0.3) is 0 Å². The molecule has 3 N–H and O–H groups in total. The number of methoxy groups -OCH3 is 2. The number of carbonyl (C=O) groups is 2. The number of H-pyrrole nitrogens is 1. The molecule has 0 saturated carbocycles. The number of aromatic nitrogens is 1. The Bertz CT molecular complexity index is 780. The second kappa shape index (κ2) is 8.53. The molecule has 0 saturated heterocycles. The predicted molar refractivity (Wildman–Crippen MR) is 96.5 cm³/mol. The fourth-order valence-corrected chi connectivity index (χ4v) is 2.75. The summed E-state index contributed by atoms with van der Waals surface area (Å²) in [5.41, 5.74) is 2.53. The summed E-state index contributed by atoms with van der Waals surface area (Å²) in [6.07, 6.45) is -0.293. The van der Waals surface area contributed by atoms with Crippen LogP contribution in [-0.2, 0) is 11.2 Å². The van der Waals surface area contributed by atoms with Gasteiger partial charge in [0.2, 0.25) is 0 Å². The van der Waals surface area contributed by atoms with Crippen LogP contribution in [0.4, 0.5) is 0 Å². The van der Waals surface area contributed by atoms with Gasteiger partial charge in [0.15, 0.2) is 0 Å². The van der Waals surface area contributed by atoms with E-state index in [1.165, 1.54) is 7.11 Å². The first-order valence-electron chi connectivity index (χ1n) is 8.32. The second-order valence-corrected chi connectivity index (χ2v) is 5.82. The standard InChI is InChI=1S/C19H24N2O5/c1-5-14-16(19(24)26-4)11(2)17(21-14)18(23)20-10-15(22)12-6-8-13(25-3)9-7-12/h6-9,15,21-22H,5,10H2,1-4H3,(H,20,23). The highest BCUT2D eigenvalue weighted by Gasteiger charge is 2.23. The number of aliphatic hydroxyl groups is 1. The normalized spacial score (nSPS) is 11.7. The second-order valence-electron chi connectivity index (χ2n) is 5.82. The molecule has 0 fully saturated rings. The molecule has 140 valence electrons. The number of benzene rings is 1. The number of carbonyl (C=O) groups excluding carboxylic acids is 2. The zero-order valence-corrected chi connectivity index (χ0v) is 15.4. The van der Waals surface area contributed by atoms with Gasteiger partial charge in [-0.05, 0) is 36.6 Å². The number of aliphatic hydroxyl groups excluding tert-OH is 1. The number of ether oxygens (including phenoxy) is 2. The molecule has 7 nitrogen and oxygen atoms in total. The molecule has 0 aliphatic carbocycles. The number of aromatic amines is 1. The van der Waals surface area contributed by atoms with Gasteiger partial charge < -0.3 is 24.9 Å². The molecular formula is C19H24N2O5. The Morgan fingerprint density at radius 3 is 2.42 bits per heavy atom. The zero-order valence-electron chi connectivity index (χ0n) is 15.4. The summed E-state index contributed by atoms with van der Waals surface area (Å²) in [7, 11) is 2.87. The summed E-state index contributed by atoms with van der Waals surface area (Å²) in [4.78, 5) is 27.4. The third-order valence-electron chi connectivity index (χ3n) is 4.25. The first-order valence-corrected chi connectivity index (χ1v) is 8.32. The van der Waals surface area contributed by atoms with E-state index in [0.29, 0.717) is 40.2 Å². The van der Waals surface area contributed by atoms with E-state index < -0.39 is 12.1 Å². The molecule has 0 aliphatic heterocycles. The Balaban J connectivity index is 2.09. The van der Waals surface area contributed by atoms with Crippen molar-refractivity contribution in [2.75, 3.05) is 20.8 Å². The SMILES string of the molecule is CCc1[nH]c(C(=O)NCC(O)c2ccc(OC)cc2)c(C)c1C(=O)OC. The Morgan fingerprint density at radius 1 is 1.23 bits per heavy atom. The number of hydrogen-bond donors (Lipinski definition) is 3. The molecule has 0 bridgehead atoms. The lowest BCUT2D eigenvalue weighted by Crippen LogP contribution is -2.29. The van der Waals surface area contributed by atoms with Gasteiger partial charge in [-0.15, -0.1) is 0 Å². The minimum absolute atomic E-state index is 0.0403. The Labute approximate surface area is 152 Å². The number of nitrogens with one attached hydrogen (secondary N) is 2. The van der Waals surface area contributed by atoms with E-state index in [1.807, 2.05) is 6.92 Å². The van der Waals surface area contributed by atoms with Gasteiger partial charge in [-0.3, -0.25) is 4.79 Å². The molecule has 1 aromatic heterocycles. The van der Waals surface area contributed by atoms with Crippen molar-refractivity contribution in [3.05, 3.63) is 52.3 Å². The van der Waals surface area contributed by atoms with Crippen LogP contribution in [-0.4, -0.2) is 42.7 Å². The Hall–Kier alpha value is -2.80. The quantitative estimate of drug-likeness (QED) is 0.657. The summed E-state index contributed by atoms with van der Waals surface area (Å²) in [5.74, 6) is -0.178. The third-order valence-corrected chi connectivity index (χ3v) is 4.25. The average molecular weight is 360 g/mol. The monoisotopic (exact) mass is 360 g/mol. The molecule has 1 aromatic carbocycles. The molecular weight excluding hydrogens is 336 g/mol. The van der Waals surface area contributed by atoms with E-state index in [9.17, 15) is 14.7 Å². The lowest BCUT2D eigenvalue weighted by molar-refractivity contribution is 0.0599. The topological polar surface area (TPSA) is 101 Å². The van der Waals surface area contributed by atoms with Gasteiger partial charge in [-0.25, -0.2) is 4.79 Å². The maximum Gasteiger partial charge on any atom is 0.339 e. The van der Waals surface area contributed by atoms with Crippen LogP contribution in [0.5, 0.6) is 5.75 Å². The maximum atomic E-state index is 12.5. The van der Waals surface area contributed by atoms with E-state index in [2.05, 4.69) is 10.3 Å². The van der Waals surface area contributed by atoms with Crippen molar-refractivity contribution in [2.24, 2.45) is 0 Å². The van der Waals surface area contributed by atoms with E-state index in [4.69, 9.17) is 9.47 Å². The van der Waals surface area contributed by atoms with Gasteiger partial charge in [0.25, 0.3) is 5.91 Å². The Morgan fingerprint density at radius 2 is 1.88 bits per heavy atom. The number of hydrogen-bond acceptors (Lipinski definition) is 5. The fourth-order valence-electron chi connectivity index (χ4n) is 2.75. The van der Waals surface area contributed by atoms with Crippen molar-refractivity contribution in [3.8, 4) is 5.75 Å². The van der Waals surface area contributed by atoms with Crippen molar-refractivity contribution in [1.82, 2.24) is 10.3 Å².